The van der Waals surface area contributed by atoms with Gasteiger partial charge in [-0.1, -0.05) is 49.0 Å². The SMILES string of the molecule is C.CC(C)C.CC(C)C.[2HH]. The molecule has 0 unspecified atom stereocenters. The first kappa shape index (κ1) is 16.0. The van der Waals surface area contributed by atoms with Crippen LogP contribution in [0, 0.1) is 11.8 Å². The molecule has 0 aliphatic carbocycles. The first-order valence-corrected chi connectivity index (χ1v) is 3.46. The molecule has 0 radical (unpaired) electrons. The minimum atomic E-state index is 0. The van der Waals surface area contributed by atoms with Gasteiger partial charge in [0.25, 0.3) is 0 Å². The summed E-state index contributed by atoms with van der Waals surface area (Å²) in [5, 5.41) is 0. The zero-order valence-corrected chi connectivity index (χ0v) is 7.15. The maximum atomic E-state index is 2.17. The largest absolute Gasteiger partial charge is 0.0776 e. The van der Waals surface area contributed by atoms with Crippen molar-refractivity contribution < 1.29 is 1.43 Å². The zero-order chi connectivity index (χ0) is 7.15. The predicted octanol–water partition coefficient (Wildman–Crippen LogP) is 4.21. The van der Waals surface area contributed by atoms with Gasteiger partial charge < -0.3 is 0 Å². The molecule has 0 N–H and O–H groups in total. The van der Waals surface area contributed by atoms with E-state index in [9.17, 15) is 0 Å². The zero-order valence-electron chi connectivity index (χ0n) is 7.15. The van der Waals surface area contributed by atoms with Crippen LogP contribution in [0.15, 0.2) is 0 Å². The molecule has 0 aromatic heterocycles. The van der Waals surface area contributed by atoms with Crippen LogP contribution in [0.1, 0.15) is 50.4 Å². The van der Waals surface area contributed by atoms with Crippen LogP contribution in [0.5, 0.6) is 0 Å². The van der Waals surface area contributed by atoms with Crippen LogP contribution in [0.3, 0.4) is 0 Å². The highest BCUT2D eigenvalue weighted by molar-refractivity contribution is 4.21. The smallest absolute Gasteiger partial charge is 0 e. The standard InChI is InChI=1S/2C4H10.CH4.H2/c2*1-4(2)3;;/h2*4H,1-3H3;1H4;1H/i;;;1+1. The van der Waals surface area contributed by atoms with Crippen molar-refractivity contribution in [2.45, 2.75) is 49.0 Å². The monoisotopic (exact) mass is 135 g/mol. The summed E-state index contributed by atoms with van der Waals surface area (Å²) >= 11 is 0. The second-order valence-electron chi connectivity index (χ2n) is 3.46. The Labute approximate surface area is 63.2 Å². The second-order valence-corrected chi connectivity index (χ2v) is 3.46. The van der Waals surface area contributed by atoms with Gasteiger partial charge >= 0.3 is 0 Å². The van der Waals surface area contributed by atoms with Crippen molar-refractivity contribution in [2.24, 2.45) is 11.8 Å². The van der Waals surface area contributed by atoms with E-state index in [0.717, 1.165) is 11.8 Å². The van der Waals surface area contributed by atoms with E-state index in [1.165, 1.54) is 0 Å². The fourth-order valence-corrected chi connectivity index (χ4v) is 0. The van der Waals surface area contributed by atoms with Gasteiger partial charge in [-0.25, -0.2) is 0 Å². The molecule has 0 aliphatic rings. The van der Waals surface area contributed by atoms with Crippen molar-refractivity contribution in [3.63, 3.8) is 0 Å². The molecule has 0 heterocycles. The number of hydrogen-bond donors (Lipinski definition) is 0. The molecule has 0 saturated heterocycles. The molecule has 0 aliphatic heterocycles. The first-order valence-electron chi connectivity index (χ1n) is 3.46. The van der Waals surface area contributed by atoms with Crippen LogP contribution >= 0.6 is 0 Å². The van der Waals surface area contributed by atoms with Crippen molar-refractivity contribution >= 4 is 0 Å². The van der Waals surface area contributed by atoms with E-state index in [2.05, 4.69) is 41.5 Å². The van der Waals surface area contributed by atoms with Gasteiger partial charge in [-0.2, -0.15) is 0 Å². The van der Waals surface area contributed by atoms with Gasteiger partial charge in [-0.05, 0) is 11.8 Å². The molecule has 62 valence electrons. The lowest BCUT2D eigenvalue weighted by Crippen LogP contribution is -1.66. The highest BCUT2D eigenvalue weighted by Crippen LogP contribution is 1.81. The maximum absolute atomic E-state index is 2.17. The van der Waals surface area contributed by atoms with Gasteiger partial charge in [0.1, 0.15) is 0 Å². The first-order chi connectivity index (χ1) is 3.46. The van der Waals surface area contributed by atoms with Crippen LogP contribution in [0.4, 0.5) is 0 Å². The lowest BCUT2D eigenvalue weighted by Gasteiger charge is -1.79. The van der Waals surface area contributed by atoms with E-state index >= 15 is 0 Å². The number of hydrogen-bond acceptors (Lipinski definition) is 0. The molecule has 0 nitrogen and oxygen atoms in total. The Morgan fingerprint density at radius 1 is 0.667 bits per heavy atom. The van der Waals surface area contributed by atoms with Crippen LogP contribution in [0.25, 0.3) is 0 Å². The van der Waals surface area contributed by atoms with Crippen LogP contribution in [0.2, 0.25) is 0 Å². The van der Waals surface area contributed by atoms with Crippen molar-refractivity contribution in [1.82, 2.24) is 0 Å². The molecule has 0 atom stereocenters. The van der Waals surface area contributed by atoms with E-state index in [-0.39, 0.29) is 8.85 Å². The van der Waals surface area contributed by atoms with Gasteiger partial charge in [0.05, 0.1) is 0 Å². The molecule has 0 spiro atoms. The third-order valence-electron chi connectivity index (χ3n) is 0. The van der Waals surface area contributed by atoms with Gasteiger partial charge in [0.15, 0.2) is 0 Å². The van der Waals surface area contributed by atoms with Crippen molar-refractivity contribution in [3.05, 3.63) is 0 Å². The lowest BCUT2D eigenvalue weighted by atomic mass is 10.3. The summed E-state index contributed by atoms with van der Waals surface area (Å²) in [6.07, 6.45) is 0. The Kier molecular flexibility index (Phi) is 19.4. The summed E-state index contributed by atoms with van der Waals surface area (Å²) in [5.74, 6) is 1.67. The molecule has 0 fully saturated rings. The maximum Gasteiger partial charge on any atom is 0 e. The van der Waals surface area contributed by atoms with E-state index < -0.39 is 0 Å². The molecule has 0 aromatic rings. The Morgan fingerprint density at radius 2 is 0.667 bits per heavy atom. The van der Waals surface area contributed by atoms with Gasteiger partial charge in [-0.15, -0.1) is 0 Å². The third-order valence-corrected chi connectivity index (χ3v) is 0. The number of rotatable bonds is 0. The van der Waals surface area contributed by atoms with Gasteiger partial charge in [-0.3, -0.25) is 0 Å². The van der Waals surface area contributed by atoms with Crippen LogP contribution in [-0.2, 0) is 0 Å². The summed E-state index contributed by atoms with van der Waals surface area (Å²) in [6, 6.07) is 0. The van der Waals surface area contributed by atoms with Crippen LogP contribution < -0.4 is 0 Å². The minimum absolute atomic E-state index is 0. The molecule has 0 aromatic carbocycles. The molecule has 0 heteroatoms. The van der Waals surface area contributed by atoms with Crippen molar-refractivity contribution in [3.8, 4) is 0 Å². The second kappa shape index (κ2) is 10.9. The normalized spacial score (nSPS) is 8.00. The average molecular weight is 135 g/mol. The molecular formula is C9H26. The quantitative estimate of drug-likeness (QED) is 0.467. The topological polar surface area (TPSA) is 0 Å². The third kappa shape index (κ3) is 0. The fourth-order valence-electron chi connectivity index (χ4n) is 0. The summed E-state index contributed by atoms with van der Waals surface area (Å²) in [4.78, 5) is 0. The Balaban J connectivity index is -0.0000000300. The molecule has 0 saturated carbocycles. The molecule has 0 amide bonds. The summed E-state index contributed by atoms with van der Waals surface area (Å²) < 4.78 is 0. The highest BCUT2D eigenvalue weighted by Gasteiger charge is 1.68. The van der Waals surface area contributed by atoms with Crippen LogP contribution in [-0.4, -0.2) is 0 Å². The summed E-state index contributed by atoms with van der Waals surface area (Å²) in [5.41, 5.74) is 0. The minimum Gasteiger partial charge on any atom is -0.0776 e. The lowest BCUT2D eigenvalue weighted by molar-refractivity contribution is 0.736. The fraction of sp³-hybridized carbons (Fsp3) is 1.00. The molecule has 0 bridgehead atoms. The van der Waals surface area contributed by atoms with E-state index in [1.807, 2.05) is 0 Å². The Bertz CT molecular complexity index is 20.2. The van der Waals surface area contributed by atoms with Crippen molar-refractivity contribution in [2.75, 3.05) is 0 Å². The Hall–Kier alpha value is 0. The summed E-state index contributed by atoms with van der Waals surface area (Å²) in [6.45, 7) is 13.0. The Morgan fingerprint density at radius 3 is 0.667 bits per heavy atom. The molecule has 9 heavy (non-hydrogen) atoms. The van der Waals surface area contributed by atoms with E-state index in [0.29, 0.717) is 0 Å². The van der Waals surface area contributed by atoms with Crippen molar-refractivity contribution in [1.29, 1.82) is 0 Å². The van der Waals surface area contributed by atoms with E-state index in [4.69, 9.17) is 0 Å². The highest BCUT2D eigenvalue weighted by atomic mass is 13.7. The molecule has 0 rings (SSSR count). The van der Waals surface area contributed by atoms with Gasteiger partial charge in [0.2, 0.25) is 0 Å². The summed E-state index contributed by atoms with van der Waals surface area (Å²) in [7, 11) is 0. The van der Waals surface area contributed by atoms with E-state index in [1.54, 1.807) is 0 Å². The average Bonchev–Trinajstić information content (AvgIpc) is 1.25. The molecular weight excluding hydrogens is 108 g/mol. The predicted molar refractivity (Wildman–Crippen MR) is 49.9 cm³/mol. The van der Waals surface area contributed by atoms with Gasteiger partial charge in [0, 0.05) is 1.43 Å².